The van der Waals surface area contributed by atoms with Crippen molar-refractivity contribution in [2.24, 2.45) is 5.92 Å². The highest BCUT2D eigenvalue weighted by Gasteiger charge is 2.59. The van der Waals surface area contributed by atoms with Crippen LogP contribution in [0.4, 0.5) is 4.79 Å². The lowest BCUT2D eigenvalue weighted by atomic mass is 9.97. The Hall–Kier alpha value is -2.15. The predicted octanol–water partition coefficient (Wildman–Crippen LogP) is 4.32. The van der Waals surface area contributed by atoms with E-state index in [1.807, 2.05) is 32.9 Å². The Balaban J connectivity index is 1.70. The molecule has 1 N–H and O–H groups in total. The Kier molecular flexibility index (Phi) is 6.70. The van der Waals surface area contributed by atoms with E-state index in [0.29, 0.717) is 0 Å². The molecule has 4 atom stereocenters. The summed E-state index contributed by atoms with van der Waals surface area (Å²) >= 11 is 0. The third-order valence-electron chi connectivity index (χ3n) is 7.31. The molecule has 5 nitrogen and oxygen atoms in total. The number of carbonyl (C=O) groups excluding carboxylic acids is 1. The Morgan fingerprint density at radius 1 is 0.941 bits per heavy atom. The minimum absolute atomic E-state index is 0.0212. The number of benzene rings is 2. The fourth-order valence-electron chi connectivity index (χ4n) is 5.99. The van der Waals surface area contributed by atoms with Gasteiger partial charge in [-0.1, -0.05) is 81.4 Å². The number of likely N-dealkylation sites (tertiary alicyclic amines) is 1. The van der Waals surface area contributed by atoms with Gasteiger partial charge in [0, 0.05) is 12.0 Å². The van der Waals surface area contributed by atoms with Crippen molar-refractivity contribution in [2.75, 3.05) is 6.61 Å². The quantitative estimate of drug-likeness (QED) is 0.646. The Morgan fingerprint density at radius 2 is 1.47 bits per heavy atom. The summed E-state index contributed by atoms with van der Waals surface area (Å²) in [6.07, 6.45) is 1.26. The number of carbonyl (C=O) groups is 1. The van der Waals surface area contributed by atoms with Gasteiger partial charge in [0.1, 0.15) is 5.60 Å². The molecule has 1 aliphatic carbocycles. The van der Waals surface area contributed by atoms with E-state index in [-0.39, 0.29) is 41.8 Å². The zero-order valence-corrected chi connectivity index (χ0v) is 22.3. The average Bonchev–Trinajstić information content (AvgIpc) is 3.34. The van der Waals surface area contributed by atoms with Gasteiger partial charge in [0.15, 0.2) is 0 Å². The number of fused-ring (bicyclic) bond motifs is 2. The summed E-state index contributed by atoms with van der Waals surface area (Å²) in [6, 6.07) is 21.0. The molecule has 0 radical (unpaired) electrons. The van der Waals surface area contributed by atoms with Crippen molar-refractivity contribution in [3.05, 3.63) is 60.7 Å². The summed E-state index contributed by atoms with van der Waals surface area (Å²) < 4.78 is 13.1. The predicted molar refractivity (Wildman–Crippen MR) is 138 cm³/mol. The van der Waals surface area contributed by atoms with E-state index < -0.39 is 13.9 Å². The van der Waals surface area contributed by atoms with Crippen LogP contribution in [0.15, 0.2) is 60.7 Å². The summed E-state index contributed by atoms with van der Waals surface area (Å²) in [4.78, 5) is 14.8. The van der Waals surface area contributed by atoms with Gasteiger partial charge in [0.25, 0.3) is 8.32 Å². The van der Waals surface area contributed by atoms with E-state index in [2.05, 4.69) is 69.3 Å². The molecule has 2 aromatic rings. The topological polar surface area (TPSA) is 59.0 Å². The third-order valence-corrected chi connectivity index (χ3v) is 12.4. The largest absolute Gasteiger partial charge is 0.444 e. The van der Waals surface area contributed by atoms with E-state index in [1.54, 1.807) is 4.90 Å². The zero-order valence-electron chi connectivity index (χ0n) is 21.3. The smallest absolute Gasteiger partial charge is 0.410 e. The van der Waals surface area contributed by atoms with Crippen LogP contribution < -0.4 is 10.4 Å². The molecule has 1 saturated heterocycles. The van der Waals surface area contributed by atoms with Crippen molar-refractivity contribution in [1.82, 2.24) is 4.90 Å². The van der Waals surface area contributed by atoms with Gasteiger partial charge in [0.05, 0.1) is 18.8 Å². The van der Waals surface area contributed by atoms with E-state index in [9.17, 15) is 9.90 Å². The molecule has 1 aliphatic heterocycles. The fraction of sp³-hybridized carbons (Fsp3) is 0.536. The second-order valence-electron chi connectivity index (χ2n) is 11.7. The molecule has 6 heteroatoms. The highest BCUT2D eigenvalue weighted by molar-refractivity contribution is 6.99. The molecular weight excluding hydrogens is 442 g/mol. The minimum Gasteiger partial charge on any atom is -0.444 e. The van der Waals surface area contributed by atoms with Crippen LogP contribution in [-0.2, 0) is 9.16 Å². The van der Waals surface area contributed by atoms with Gasteiger partial charge in [-0.15, -0.1) is 0 Å². The first-order chi connectivity index (χ1) is 16.0. The van der Waals surface area contributed by atoms with Gasteiger partial charge >= 0.3 is 6.09 Å². The second-order valence-corrected chi connectivity index (χ2v) is 16.0. The lowest BCUT2D eigenvalue weighted by Gasteiger charge is -2.47. The number of hydrogen-bond acceptors (Lipinski definition) is 4. The lowest BCUT2D eigenvalue weighted by molar-refractivity contribution is -0.0191. The summed E-state index contributed by atoms with van der Waals surface area (Å²) in [5.41, 5.74) is -0.566. The molecule has 34 heavy (non-hydrogen) atoms. The van der Waals surface area contributed by atoms with Crippen LogP contribution in [-0.4, -0.2) is 54.8 Å². The number of aliphatic hydroxyl groups excluding tert-OH is 1. The minimum atomic E-state index is -2.70. The number of hydrogen-bond donors (Lipinski definition) is 1. The number of aliphatic hydroxyl groups is 1. The molecule has 0 unspecified atom stereocenters. The molecule has 1 amide bonds. The number of ether oxygens (including phenoxy) is 1. The van der Waals surface area contributed by atoms with Gasteiger partial charge in [-0.05, 0) is 49.0 Å². The fourth-order valence-corrected chi connectivity index (χ4v) is 10.7. The van der Waals surface area contributed by atoms with Crippen LogP contribution in [0, 0.1) is 5.92 Å². The maximum absolute atomic E-state index is 13.0. The summed E-state index contributed by atoms with van der Waals surface area (Å²) in [5.74, 6) is 0.0872. The first-order valence-corrected chi connectivity index (χ1v) is 14.3. The van der Waals surface area contributed by atoms with Crippen molar-refractivity contribution < 1.29 is 19.1 Å². The first kappa shape index (κ1) is 25.0. The summed E-state index contributed by atoms with van der Waals surface area (Å²) in [6.45, 7) is 12.4. The van der Waals surface area contributed by atoms with Crippen LogP contribution in [0.25, 0.3) is 0 Å². The number of rotatable bonds is 5. The molecule has 1 heterocycles. The summed E-state index contributed by atoms with van der Waals surface area (Å²) in [5, 5.41) is 12.7. The van der Waals surface area contributed by atoms with Crippen molar-refractivity contribution in [3.8, 4) is 0 Å². The van der Waals surface area contributed by atoms with Crippen molar-refractivity contribution in [1.29, 1.82) is 0 Å². The van der Waals surface area contributed by atoms with Crippen LogP contribution in [0.1, 0.15) is 54.4 Å². The normalized spacial score (nSPS) is 25.0. The van der Waals surface area contributed by atoms with Crippen LogP contribution in [0.2, 0.25) is 5.04 Å². The van der Waals surface area contributed by atoms with Crippen LogP contribution >= 0.6 is 0 Å². The monoisotopic (exact) mass is 481 g/mol. The molecule has 2 bridgehead atoms. The first-order valence-electron chi connectivity index (χ1n) is 12.4. The second kappa shape index (κ2) is 9.13. The molecule has 2 aliphatic rings. The molecule has 2 aromatic carbocycles. The van der Waals surface area contributed by atoms with E-state index in [4.69, 9.17) is 9.16 Å². The van der Waals surface area contributed by atoms with Gasteiger partial charge in [0.2, 0.25) is 0 Å². The van der Waals surface area contributed by atoms with Gasteiger partial charge in [-0.25, -0.2) is 4.79 Å². The van der Waals surface area contributed by atoms with Crippen molar-refractivity contribution >= 4 is 24.8 Å². The van der Waals surface area contributed by atoms with Gasteiger partial charge in [-0.3, -0.25) is 4.90 Å². The maximum atomic E-state index is 13.0. The van der Waals surface area contributed by atoms with E-state index in [1.165, 1.54) is 10.4 Å². The standard InChI is InChI=1S/C28H39NO4Si/c1-27(2,3)32-26(31)29-20-17-23(24(29)19-30)25(18-20)33-34(28(4,5)6,21-13-9-7-10-14-21)22-15-11-8-12-16-22/h7-16,20,23-25,30H,17-19H2,1-6H3/t20-,23-,24+,25+/m1/s1. The SMILES string of the molecule is CC(C)(C)OC(=O)N1[C@@H]2C[C@@H]([C@@H](O[Si](c3ccccc3)(c3ccccc3)C(C)(C)C)C2)[C@@H]1CO. The Labute approximate surface area is 205 Å². The number of nitrogens with zero attached hydrogens (tertiary/aromatic N) is 1. The number of amides is 1. The maximum Gasteiger partial charge on any atom is 0.410 e. The highest BCUT2D eigenvalue weighted by atomic mass is 28.4. The Morgan fingerprint density at radius 3 is 1.91 bits per heavy atom. The van der Waals surface area contributed by atoms with Crippen molar-refractivity contribution in [3.63, 3.8) is 0 Å². The molecule has 4 rings (SSSR count). The molecule has 1 saturated carbocycles. The lowest BCUT2D eigenvalue weighted by Crippen LogP contribution is -2.68. The van der Waals surface area contributed by atoms with Crippen LogP contribution in [0.5, 0.6) is 0 Å². The van der Waals surface area contributed by atoms with E-state index in [0.717, 1.165) is 12.8 Å². The summed E-state index contributed by atoms with van der Waals surface area (Å²) in [7, 11) is -2.70. The van der Waals surface area contributed by atoms with Gasteiger partial charge in [-0.2, -0.15) is 0 Å². The van der Waals surface area contributed by atoms with Gasteiger partial charge < -0.3 is 14.3 Å². The van der Waals surface area contributed by atoms with E-state index >= 15 is 0 Å². The molecule has 0 spiro atoms. The average molecular weight is 482 g/mol. The third kappa shape index (κ3) is 4.43. The Bertz CT molecular complexity index is 943. The molecule has 184 valence electrons. The molecule has 0 aromatic heterocycles. The molecular formula is C28H39NO4Si. The molecule has 2 fully saturated rings. The highest BCUT2D eigenvalue weighted by Crippen LogP contribution is 2.48. The number of piperidine rings is 1. The zero-order chi connectivity index (χ0) is 24.7. The van der Waals surface area contributed by atoms with Crippen LogP contribution in [0.3, 0.4) is 0 Å². The van der Waals surface area contributed by atoms with Crippen molar-refractivity contribution in [2.45, 2.75) is 83.2 Å².